The number of nitrogens with one attached hydrogen (secondary N) is 1. The average molecular weight is 458 g/mol. The molecule has 2 aliphatic rings. The van der Waals surface area contributed by atoms with Crippen LogP contribution in [-0.2, 0) is 13.1 Å². The van der Waals surface area contributed by atoms with Crippen LogP contribution in [0.25, 0.3) is 0 Å². The van der Waals surface area contributed by atoms with Gasteiger partial charge in [-0.25, -0.2) is 4.79 Å². The van der Waals surface area contributed by atoms with E-state index in [0.29, 0.717) is 22.6 Å². The topological polar surface area (TPSA) is 122 Å². The van der Waals surface area contributed by atoms with Gasteiger partial charge < -0.3 is 19.9 Å². The first-order valence-corrected chi connectivity index (χ1v) is 10.4. The molecular weight excluding hydrogens is 440 g/mol. The highest BCUT2D eigenvalue weighted by Crippen LogP contribution is 2.34. The highest BCUT2D eigenvalue weighted by Gasteiger charge is 2.36. The highest BCUT2D eigenvalue weighted by molar-refractivity contribution is 6.22. The van der Waals surface area contributed by atoms with Gasteiger partial charge in [-0.05, 0) is 53.6 Å². The molecule has 0 bridgehead atoms. The van der Waals surface area contributed by atoms with Crippen molar-refractivity contribution in [3.8, 4) is 11.5 Å². The van der Waals surface area contributed by atoms with Crippen molar-refractivity contribution in [1.29, 1.82) is 0 Å². The van der Waals surface area contributed by atoms with Crippen molar-refractivity contribution in [2.75, 3.05) is 6.79 Å². The summed E-state index contributed by atoms with van der Waals surface area (Å²) < 4.78 is 10.6. The lowest BCUT2D eigenvalue weighted by atomic mass is 10.1. The van der Waals surface area contributed by atoms with E-state index >= 15 is 0 Å². The van der Waals surface area contributed by atoms with E-state index in [1.165, 1.54) is 30.3 Å². The van der Waals surface area contributed by atoms with Gasteiger partial charge in [0.25, 0.3) is 17.7 Å². The smallest absolute Gasteiger partial charge is 0.335 e. The van der Waals surface area contributed by atoms with Gasteiger partial charge in [0, 0.05) is 12.1 Å². The number of rotatable bonds is 6. The number of nitrogens with zero attached hydrogens (tertiary/aromatic N) is 1. The third kappa shape index (κ3) is 3.83. The predicted octanol–water partition coefficient (Wildman–Crippen LogP) is 2.84. The maximum absolute atomic E-state index is 13.0. The van der Waals surface area contributed by atoms with Crippen LogP contribution in [0.3, 0.4) is 0 Å². The van der Waals surface area contributed by atoms with Gasteiger partial charge >= 0.3 is 5.97 Å². The van der Waals surface area contributed by atoms with Crippen LogP contribution in [0.2, 0.25) is 0 Å². The standard InChI is InChI=1S/C25H18N2O7/c28-22(26-11-14-2-1-3-17(8-14)25(31)32)16-5-6-18-19(10-16)24(30)27(23(18)29)12-15-4-7-20-21(9-15)34-13-33-20/h1-10H,11-13H2,(H,26,28)(H,31,32). The van der Waals surface area contributed by atoms with Gasteiger partial charge in [-0.15, -0.1) is 0 Å². The van der Waals surface area contributed by atoms with Gasteiger partial charge in [-0.2, -0.15) is 0 Å². The fourth-order valence-electron chi connectivity index (χ4n) is 3.90. The minimum atomic E-state index is -1.06. The van der Waals surface area contributed by atoms with Crippen molar-refractivity contribution in [2.24, 2.45) is 0 Å². The molecule has 2 N–H and O–H groups in total. The van der Waals surface area contributed by atoms with E-state index in [1.54, 1.807) is 30.3 Å². The lowest BCUT2D eigenvalue weighted by molar-refractivity contribution is 0.0639. The lowest BCUT2D eigenvalue weighted by Gasteiger charge is -2.14. The molecule has 3 amide bonds. The number of fused-ring (bicyclic) bond motifs is 2. The Morgan fingerprint density at radius 3 is 2.47 bits per heavy atom. The molecule has 34 heavy (non-hydrogen) atoms. The van der Waals surface area contributed by atoms with Crippen molar-refractivity contribution in [3.63, 3.8) is 0 Å². The predicted molar refractivity (Wildman–Crippen MR) is 118 cm³/mol. The number of hydrogen-bond acceptors (Lipinski definition) is 6. The molecule has 3 aromatic carbocycles. The van der Waals surface area contributed by atoms with E-state index in [9.17, 15) is 19.2 Å². The molecule has 0 unspecified atom stereocenters. The number of hydrogen-bond donors (Lipinski definition) is 2. The van der Waals surface area contributed by atoms with Crippen LogP contribution in [0.15, 0.2) is 60.7 Å². The number of carbonyl (C=O) groups excluding carboxylic acids is 3. The summed E-state index contributed by atoms with van der Waals surface area (Å²) in [5, 5.41) is 11.8. The number of benzene rings is 3. The van der Waals surface area contributed by atoms with E-state index in [1.807, 2.05) is 0 Å². The Morgan fingerprint density at radius 2 is 1.65 bits per heavy atom. The Balaban J connectivity index is 1.30. The fraction of sp³-hybridized carbons (Fsp3) is 0.120. The van der Waals surface area contributed by atoms with Crippen LogP contribution in [0.5, 0.6) is 11.5 Å². The van der Waals surface area contributed by atoms with Crippen LogP contribution in [0.1, 0.15) is 52.6 Å². The Hall–Kier alpha value is -4.66. The van der Waals surface area contributed by atoms with E-state index in [4.69, 9.17) is 14.6 Å². The molecule has 9 nitrogen and oxygen atoms in total. The molecule has 2 heterocycles. The number of carboxylic acid groups (broad SMARTS) is 1. The number of ether oxygens (including phenoxy) is 2. The van der Waals surface area contributed by atoms with E-state index < -0.39 is 23.7 Å². The van der Waals surface area contributed by atoms with Gasteiger partial charge in [0.1, 0.15) is 0 Å². The van der Waals surface area contributed by atoms with Crippen LogP contribution in [0, 0.1) is 0 Å². The van der Waals surface area contributed by atoms with Crippen molar-refractivity contribution < 1.29 is 33.8 Å². The van der Waals surface area contributed by atoms with Gasteiger partial charge in [-0.3, -0.25) is 19.3 Å². The van der Waals surface area contributed by atoms with Gasteiger partial charge in [0.05, 0.1) is 23.2 Å². The van der Waals surface area contributed by atoms with Crippen LogP contribution < -0.4 is 14.8 Å². The van der Waals surface area contributed by atoms with Crippen LogP contribution >= 0.6 is 0 Å². The molecular formula is C25H18N2O7. The average Bonchev–Trinajstić information content (AvgIpc) is 3.41. The summed E-state index contributed by atoms with van der Waals surface area (Å²) in [6.45, 7) is 0.298. The zero-order valence-corrected chi connectivity index (χ0v) is 17.7. The van der Waals surface area contributed by atoms with Crippen LogP contribution in [0.4, 0.5) is 0 Å². The molecule has 0 atom stereocenters. The molecule has 9 heteroatoms. The van der Waals surface area contributed by atoms with Crippen molar-refractivity contribution in [1.82, 2.24) is 10.2 Å². The van der Waals surface area contributed by atoms with Gasteiger partial charge in [0.2, 0.25) is 6.79 Å². The number of imide groups is 1. The van der Waals surface area contributed by atoms with Crippen LogP contribution in [-0.4, -0.2) is 40.5 Å². The monoisotopic (exact) mass is 458 g/mol. The zero-order chi connectivity index (χ0) is 23.8. The summed E-state index contributed by atoms with van der Waals surface area (Å²) in [5.74, 6) is -1.26. The molecule has 0 aliphatic carbocycles. The summed E-state index contributed by atoms with van der Waals surface area (Å²) >= 11 is 0. The highest BCUT2D eigenvalue weighted by atomic mass is 16.7. The van der Waals surface area contributed by atoms with E-state index in [-0.39, 0.29) is 42.1 Å². The first-order valence-electron chi connectivity index (χ1n) is 10.4. The molecule has 0 saturated heterocycles. The summed E-state index contributed by atoms with van der Waals surface area (Å²) in [5.41, 5.74) is 2.06. The normalized spacial score (nSPS) is 13.7. The molecule has 2 aliphatic heterocycles. The third-order valence-corrected chi connectivity index (χ3v) is 5.64. The molecule has 0 saturated carbocycles. The maximum atomic E-state index is 13.0. The molecule has 5 rings (SSSR count). The summed E-state index contributed by atoms with van der Waals surface area (Å²) in [7, 11) is 0. The fourth-order valence-corrected chi connectivity index (χ4v) is 3.90. The number of aromatic carboxylic acids is 1. The van der Waals surface area contributed by atoms with E-state index in [0.717, 1.165) is 4.90 Å². The lowest BCUT2D eigenvalue weighted by Crippen LogP contribution is -2.29. The number of carbonyl (C=O) groups is 4. The number of amides is 3. The second kappa shape index (κ2) is 8.36. The first kappa shape index (κ1) is 21.2. The summed E-state index contributed by atoms with van der Waals surface area (Å²) in [6.07, 6.45) is 0. The first-order chi connectivity index (χ1) is 16.4. The van der Waals surface area contributed by atoms with Crippen molar-refractivity contribution in [3.05, 3.63) is 94.0 Å². The quantitative estimate of drug-likeness (QED) is 0.545. The van der Waals surface area contributed by atoms with Crippen molar-refractivity contribution in [2.45, 2.75) is 13.1 Å². The number of carboxylic acids is 1. The maximum Gasteiger partial charge on any atom is 0.335 e. The SMILES string of the molecule is O=C(O)c1cccc(CNC(=O)c2ccc3c(c2)C(=O)N(Cc2ccc4c(c2)OCO4)C3=O)c1. The van der Waals surface area contributed by atoms with Gasteiger partial charge in [0.15, 0.2) is 11.5 Å². The Kier molecular flexibility index (Phi) is 5.21. The van der Waals surface area contributed by atoms with Gasteiger partial charge in [-0.1, -0.05) is 18.2 Å². The van der Waals surface area contributed by atoms with E-state index in [2.05, 4.69) is 5.32 Å². The summed E-state index contributed by atoms with van der Waals surface area (Å²) in [4.78, 5) is 50.7. The summed E-state index contributed by atoms with van der Waals surface area (Å²) in [6, 6.07) is 15.8. The second-order valence-electron chi connectivity index (χ2n) is 7.83. The second-order valence-corrected chi connectivity index (χ2v) is 7.83. The zero-order valence-electron chi connectivity index (χ0n) is 17.7. The Labute approximate surface area is 193 Å². The molecule has 0 fully saturated rings. The molecule has 0 spiro atoms. The third-order valence-electron chi connectivity index (χ3n) is 5.64. The Morgan fingerprint density at radius 1 is 0.853 bits per heavy atom. The minimum Gasteiger partial charge on any atom is -0.478 e. The Bertz CT molecular complexity index is 1370. The minimum absolute atomic E-state index is 0.0600. The molecule has 0 radical (unpaired) electrons. The molecule has 0 aromatic heterocycles. The molecule has 170 valence electrons. The largest absolute Gasteiger partial charge is 0.478 e. The van der Waals surface area contributed by atoms with Crippen molar-refractivity contribution >= 4 is 23.7 Å². The molecule has 3 aromatic rings.